The van der Waals surface area contributed by atoms with Crippen molar-refractivity contribution in [3.05, 3.63) is 77.4 Å². The lowest BCUT2D eigenvalue weighted by Gasteiger charge is -2.26. The average Bonchev–Trinajstić information content (AvgIpc) is 2.84. The normalized spacial score (nSPS) is 14.1. The monoisotopic (exact) mass is 464 g/mol. The predicted octanol–water partition coefficient (Wildman–Crippen LogP) is 3.16. The Morgan fingerprint density at radius 2 is 1.91 bits per heavy atom. The van der Waals surface area contributed by atoms with Crippen molar-refractivity contribution in [3.63, 3.8) is 0 Å². The molecule has 0 unspecified atom stereocenters. The summed E-state index contributed by atoms with van der Waals surface area (Å²) in [7, 11) is 0. The number of carbonyl (C=O) groups is 1. The van der Waals surface area contributed by atoms with Crippen LogP contribution in [-0.2, 0) is 22.5 Å². The van der Waals surface area contributed by atoms with E-state index < -0.39 is 5.82 Å². The van der Waals surface area contributed by atoms with Crippen LogP contribution in [0.15, 0.2) is 54.9 Å². The number of nitrogens with zero attached hydrogens (tertiary/aromatic N) is 3. The third-order valence-electron chi connectivity index (χ3n) is 5.60. The fourth-order valence-electron chi connectivity index (χ4n) is 3.74. The zero-order valence-corrected chi connectivity index (χ0v) is 19.3. The minimum absolute atomic E-state index is 0.123. The van der Waals surface area contributed by atoms with E-state index in [-0.39, 0.29) is 23.7 Å². The molecular formula is C26H29FN4O3. The highest BCUT2D eigenvalue weighted by Crippen LogP contribution is 2.23. The highest BCUT2D eigenvalue weighted by molar-refractivity contribution is 5.78. The molecule has 0 aliphatic carbocycles. The Kier molecular flexibility index (Phi) is 8.17. The molecule has 0 bridgehead atoms. The maximum Gasteiger partial charge on any atom is 0.224 e. The Balaban J connectivity index is 1.28. The zero-order chi connectivity index (χ0) is 23.8. The Bertz CT molecular complexity index is 1100. The van der Waals surface area contributed by atoms with E-state index in [9.17, 15) is 9.18 Å². The Hall–Kier alpha value is -3.36. The smallest absolute Gasteiger partial charge is 0.224 e. The average molecular weight is 465 g/mol. The van der Waals surface area contributed by atoms with Crippen LogP contribution in [0.25, 0.3) is 11.4 Å². The van der Waals surface area contributed by atoms with Crippen LogP contribution in [0.5, 0.6) is 5.75 Å². The van der Waals surface area contributed by atoms with E-state index in [1.54, 1.807) is 24.5 Å². The number of rotatable bonds is 9. The standard InChI is InChI=1S/C26H29FN4O3/c1-19-3-2-4-20(13-19)16-28-25(32)14-21-17-29-26(30-18-21)23-6-5-22(15-24(23)27)34-12-9-31-7-10-33-11-8-31/h2-6,13,15,17-18H,7-12,14,16H2,1H3,(H,28,32). The fraction of sp³-hybridized carbons (Fsp3) is 0.346. The van der Waals surface area contributed by atoms with Crippen molar-refractivity contribution in [1.82, 2.24) is 20.2 Å². The lowest BCUT2D eigenvalue weighted by molar-refractivity contribution is -0.120. The van der Waals surface area contributed by atoms with E-state index in [4.69, 9.17) is 9.47 Å². The SMILES string of the molecule is Cc1cccc(CNC(=O)Cc2cnc(-c3ccc(OCCN4CCOCC4)cc3F)nc2)c1. The van der Waals surface area contributed by atoms with E-state index >= 15 is 0 Å². The van der Waals surface area contributed by atoms with Gasteiger partial charge in [-0.25, -0.2) is 14.4 Å². The summed E-state index contributed by atoms with van der Waals surface area (Å²) in [5.74, 6) is 0.160. The maximum absolute atomic E-state index is 14.7. The topological polar surface area (TPSA) is 76.6 Å². The number of aromatic nitrogens is 2. The first-order chi connectivity index (χ1) is 16.6. The summed E-state index contributed by atoms with van der Waals surface area (Å²) in [5, 5.41) is 2.90. The predicted molar refractivity (Wildman–Crippen MR) is 127 cm³/mol. The van der Waals surface area contributed by atoms with Crippen molar-refractivity contribution in [3.8, 4) is 17.1 Å². The number of halogens is 1. The minimum Gasteiger partial charge on any atom is -0.492 e. The summed E-state index contributed by atoms with van der Waals surface area (Å²) in [6.07, 6.45) is 3.27. The van der Waals surface area contributed by atoms with E-state index in [1.165, 1.54) is 6.07 Å². The van der Waals surface area contributed by atoms with E-state index in [0.29, 0.717) is 24.5 Å². The van der Waals surface area contributed by atoms with Gasteiger partial charge in [-0.15, -0.1) is 0 Å². The van der Waals surface area contributed by atoms with Crippen LogP contribution in [0, 0.1) is 12.7 Å². The summed E-state index contributed by atoms with van der Waals surface area (Å²) in [4.78, 5) is 23.0. The molecule has 2 aromatic carbocycles. The second-order valence-electron chi connectivity index (χ2n) is 8.30. The molecule has 0 spiro atoms. The molecule has 3 aromatic rings. The van der Waals surface area contributed by atoms with Gasteiger partial charge in [-0.2, -0.15) is 0 Å². The summed E-state index contributed by atoms with van der Waals surface area (Å²) in [5.41, 5.74) is 3.14. The summed E-state index contributed by atoms with van der Waals surface area (Å²) in [6.45, 7) is 6.98. The lowest BCUT2D eigenvalue weighted by atomic mass is 10.1. The molecule has 1 aromatic heterocycles. The first kappa shape index (κ1) is 23.8. The number of morpholine rings is 1. The van der Waals surface area contributed by atoms with Crippen molar-refractivity contribution in [2.24, 2.45) is 0 Å². The number of ether oxygens (including phenoxy) is 2. The minimum atomic E-state index is -0.451. The van der Waals surface area contributed by atoms with Crippen molar-refractivity contribution in [2.45, 2.75) is 19.9 Å². The second kappa shape index (κ2) is 11.7. The van der Waals surface area contributed by atoms with Gasteiger partial charge in [0.1, 0.15) is 18.2 Å². The Morgan fingerprint density at radius 3 is 2.65 bits per heavy atom. The Labute approximate surface area is 198 Å². The van der Waals surface area contributed by atoms with Crippen LogP contribution < -0.4 is 10.1 Å². The van der Waals surface area contributed by atoms with Gasteiger partial charge in [-0.3, -0.25) is 9.69 Å². The molecule has 34 heavy (non-hydrogen) atoms. The molecule has 1 fully saturated rings. The molecule has 1 saturated heterocycles. The van der Waals surface area contributed by atoms with Gasteiger partial charge < -0.3 is 14.8 Å². The maximum atomic E-state index is 14.7. The van der Waals surface area contributed by atoms with Gasteiger partial charge in [0.25, 0.3) is 0 Å². The van der Waals surface area contributed by atoms with Gasteiger partial charge in [-0.1, -0.05) is 29.8 Å². The zero-order valence-electron chi connectivity index (χ0n) is 19.3. The quantitative estimate of drug-likeness (QED) is 0.524. The van der Waals surface area contributed by atoms with Crippen LogP contribution in [0.1, 0.15) is 16.7 Å². The fourth-order valence-corrected chi connectivity index (χ4v) is 3.74. The van der Waals surface area contributed by atoms with Crippen molar-refractivity contribution >= 4 is 5.91 Å². The molecule has 4 rings (SSSR count). The van der Waals surface area contributed by atoms with Crippen LogP contribution in [0.2, 0.25) is 0 Å². The number of amides is 1. The first-order valence-electron chi connectivity index (χ1n) is 11.4. The lowest BCUT2D eigenvalue weighted by Crippen LogP contribution is -2.38. The van der Waals surface area contributed by atoms with E-state index in [0.717, 1.165) is 44.0 Å². The number of carbonyl (C=O) groups excluding carboxylic acids is 1. The van der Waals surface area contributed by atoms with Gasteiger partial charge in [0, 0.05) is 44.6 Å². The van der Waals surface area contributed by atoms with Crippen LogP contribution >= 0.6 is 0 Å². The van der Waals surface area contributed by atoms with Gasteiger partial charge in [0.15, 0.2) is 5.82 Å². The largest absolute Gasteiger partial charge is 0.492 e. The Morgan fingerprint density at radius 1 is 1.12 bits per heavy atom. The van der Waals surface area contributed by atoms with Gasteiger partial charge >= 0.3 is 0 Å². The van der Waals surface area contributed by atoms with Crippen molar-refractivity contribution < 1.29 is 18.7 Å². The number of hydrogen-bond acceptors (Lipinski definition) is 6. The van der Waals surface area contributed by atoms with Gasteiger partial charge in [0.05, 0.1) is 25.2 Å². The van der Waals surface area contributed by atoms with Crippen LogP contribution in [-0.4, -0.2) is 60.2 Å². The third kappa shape index (κ3) is 6.82. The molecule has 1 amide bonds. The van der Waals surface area contributed by atoms with Gasteiger partial charge in [-0.05, 0) is 30.2 Å². The number of aryl methyl sites for hydroxylation is 1. The molecule has 1 aliphatic rings. The van der Waals surface area contributed by atoms with Crippen molar-refractivity contribution in [2.75, 3.05) is 39.5 Å². The van der Waals surface area contributed by atoms with Crippen molar-refractivity contribution in [1.29, 1.82) is 0 Å². The van der Waals surface area contributed by atoms with E-state index in [2.05, 4.69) is 20.2 Å². The molecule has 2 heterocycles. The number of benzene rings is 2. The molecule has 7 nitrogen and oxygen atoms in total. The first-order valence-corrected chi connectivity index (χ1v) is 11.4. The second-order valence-corrected chi connectivity index (χ2v) is 8.30. The molecule has 0 radical (unpaired) electrons. The summed E-state index contributed by atoms with van der Waals surface area (Å²) < 4.78 is 25.7. The van der Waals surface area contributed by atoms with E-state index in [1.807, 2.05) is 31.2 Å². The summed E-state index contributed by atoms with van der Waals surface area (Å²) in [6, 6.07) is 12.7. The molecule has 178 valence electrons. The van der Waals surface area contributed by atoms with Crippen LogP contribution in [0.4, 0.5) is 4.39 Å². The number of hydrogen-bond donors (Lipinski definition) is 1. The van der Waals surface area contributed by atoms with Crippen LogP contribution in [0.3, 0.4) is 0 Å². The molecule has 0 atom stereocenters. The third-order valence-corrected chi connectivity index (χ3v) is 5.60. The molecule has 0 saturated carbocycles. The molecule has 1 aliphatic heterocycles. The molecular weight excluding hydrogens is 435 g/mol. The molecule has 1 N–H and O–H groups in total. The highest BCUT2D eigenvalue weighted by Gasteiger charge is 2.13. The number of nitrogens with one attached hydrogen (secondary N) is 1. The molecule has 8 heteroatoms. The summed E-state index contributed by atoms with van der Waals surface area (Å²) >= 11 is 0. The highest BCUT2D eigenvalue weighted by atomic mass is 19.1. The van der Waals surface area contributed by atoms with Gasteiger partial charge in [0.2, 0.25) is 5.91 Å².